The van der Waals surface area contributed by atoms with Crippen LogP contribution >= 0.6 is 11.3 Å². The predicted octanol–water partition coefficient (Wildman–Crippen LogP) is 6.08. The van der Waals surface area contributed by atoms with Crippen molar-refractivity contribution in [3.05, 3.63) is 87.6 Å². The summed E-state index contributed by atoms with van der Waals surface area (Å²) in [6, 6.07) is 15.1. The Labute approximate surface area is 233 Å². The second-order valence-corrected chi connectivity index (χ2v) is 11.8. The van der Waals surface area contributed by atoms with E-state index in [1.165, 1.54) is 26.9 Å². The van der Waals surface area contributed by atoms with Gasteiger partial charge in [-0.15, -0.1) is 16.9 Å². The molecule has 8 heteroatoms. The van der Waals surface area contributed by atoms with Crippen LogP contribution in [0, 0.1) is 12.8 Å². The van der Waals surface area contributed by atoms with Gasteiger partial charge in [0, 0.05) is 43.5 Å². The van der Waals surface area contributed by atoms with Crippen LogP contribution in [0.1, 0.15) is 59.2 Å². The summed E-state index contributed by atoms with van der Waals surface area (Å²) in [5.74, 6) is -0.458. The van der Waals surface area contributed by atoms with Crippen molar-refractivity contribution in [3.8, 4) is 0 Å². The van der Waals surface area contributed by atoms with Gasteiger partial charge in [0.25, 0.3) is 0 Å². The zero-order valence-corrected chi connectivity index (χ0v) is 23.5. The number of thiophene rings is 1. The molecule has 0 bridgehead atoms. The highest BCUT2D eigenvalue weighted by Gasteiger charge is 2.27. The fourth-order valence-electron chi connectivity index (χ4n) is 6.26. The summed E-state index contributed by atoms with van der Waals surface area (Å²) in [7, 11) is 1.96. The SMILES string of the molecule is CC[C@H]1Cc2cccnc2CN(Cc2cc([C@H](CC(=O)O)c3ccc4c(c3C)NNN4C)cc3ccsc23)C1. The molecule has 2 aromatic carbocycles. The maximum absolute atomic E-state index is 12.1. The number of aromatic nitrogens is 1. The van der Waals surface area contributed by atoms with Gasteiger partial charge in [0.15, 0.2) is 0 Å². The molecule has 7 nitrogen and oxygen atoms in total. The quantitative estimate of drug-likeness (QED) is 0.262. The van der Waals surface area contributed by atoms with Crippen molar-refractivity contribution in [2.24, 2.45) is 5.92 Å². The van der Waals surface area contributed by atoms with Gasteiger partial charge in [0.2, 0.25) is 0 Å². The minimum absolute atomic E-state index is 0.0386. The van der Waals surface area contributed by atoms with Crippen LogP contribution in [-0.4, -0.2) is 34.6 Å². The summed E-state index contributed by atoms with van der Waals surface area (Å²) in [4.78, 5) is 19.4. The number of carboxylic acids is 1. The van der Waals surface area contributed by atoms with Crippen molar-refractivity contribution < 1.29 is 9.90 Å². The number of carbonyl (C=O) groups is 1. The van der Waals surface area contributed by atoms with Crippen LogP contribution < -0.4 is 16.0 Å². The number of aliphatic carboxylic acids is 1. The van der Waals surface area contributed by atoms with Crippen LogP contribution in [0.2, 0.25) is 0 Å². The molecule has 0 spiro atoms. The minimum atomic E-state index is -0.795. The largest absolute Gasteiger partial charge is 0.481 e. The molecule has 4 heterocycles. The van der Waals surface area contributed by atoms with E-state index in [4.69, 9.17) is 4.98 Å². The van der Waals surface area contributed by atoms with E-state index in [0.29, 0.717) is 5.92 Å². The number of pyridine rings is 1. The molecule has 2 aromatic heterocycles. The third-order valence-electron chi connectivity index (χ3n) is 8.36. The molecule has 2 atom stereocenters. The van der Waals surface area contributed by atoms with Crippen LogP contribution in [0.4, 0.5) is 11.4 Å². The van der Waals surface area contributed by atoms with E-state index in [1.54, 1.807) is 11.3 Å². The lowest BCUT2D eigenvalue weighted by molar-refractivity contribution is -0.137. The molecule has 6 rings (SSSR count). The van der Waals surface area contributed by atoms with E-state index in [0.717, 1.165) is 60.5 Å². The molecule has 39 heavy (non-hydrogen) atoms. The van der Waals surface area contributed by atoms with Crippen molar-refractivity contribution in [1.82, 2.24) is 15.4 Å². The Morgan fingerprint density at radius 1 is 1.26 bits per heavy atom. The molecule has 0 unspecified atom stereocenters. The fraction of sp³-hybridized carbons (Fsp3) is 0.355. The molecule has 202 valence electrons. The van der Waals surface area contributed by atoms with Crippen LogP contribution in [-0.2, 0) is 24.3 Å². The van der Waals surface area contributed by atoms with E-state index in [2.05, 4.69) is 71.5 Å². The first kappa shape index (κ1) is 25.8. The average Bonchev–Trinajstić information content (AvgIpc) is 3.50. The average molecular weight is 542 g/mol. The fourth-order valence-corrected chi connectivity index (χ4v) is 7.15. The van der Waals surface area contributed by atoms with Gasteiger partial charge in [0.1, 0.15) is 0 Å². The smallest absolute Gasteiger partial charge is 0.304 e. The summed E-state index contributed by atoms with van der Waals surface area (Å²) < 4.78 is 1.28. The monoisotopic (exact) mass is 541 g/mol. The van der Waals surface area contributed by atoms with E-state index < -0.39 is 5.97 Å². The normalized spacial score (nSPS) is 17.9. The highest BCUT2D eigenvalue weighted by Crippen LogP contribution is 2.41. The molecular formula is C31H35N5O2S. The van der Waals surface area contributed by atoms with Crippen LogP contribution in [0.5, 0.6) is 0 Å². The lowest BCUT2D eigenvalue weighted by Gasteiger charge is -2.25. The summed E-state index contributed by atoms with van der Waals surface area (Å²) in [6.45, 7) is 7.03. The highest BCUT2D eigenvalue weighted by molar-refractivity contribution is 7.17. The molecule has 3 N–H and O–H groups in total. The van der Waals surface area contributed by atoms with Crippen molar-refractivity contribution in [1.29, 1.82) is 0 Å². The first-order chi connectivity index (χ1) is 18.9. The zero-order valence-electron chi connectivity index (χ0n) is 22.7. The summed E-state index contributed by atoms with van der Waals surface area (Å²) in [5.41, 5.74) is 15.4. The van der Waals surface area contributed by atoms with E-state index in [-0.39, 0.29) is 12.3 Å². The van der Waals surface area contributed by atoms with Crippen molar-refractivity contribution >= 4 is 38.8 Å². The topological polar surface area (TPSA) is 80.7 Å². The lowest BCUT2D eigenvalue weighted by Crippen LogP contribution is -2.31. The molecule has 0 fully saturated rings. The van der Waals surface area contributed by atoms with E-state index >= 15 is 0 Å². The number of hydrazine groups is 2. The Balaban J connectivity index is 1.40. The molecule has 0 aliphatic carbocycles. The molecule has 2 aliphatic rings. The Hall–Kier alpha value is -3.46. The molecule has 2 aliphatic heterocycles. The maximum Gasteiger partial charge on any atom is 0.304 e. The zero-order chi connectivity index (χ0) is 27.1. The summed E-state index contributed by atoms with van der Waals surface area (Å²) >= 11 is 1.77. The number of benzene rings is 2. The van der Waals surface area contributed by atoms with Gasteiger partial charge in [-0.1, -0.05) is 31.5 Å². The van der Waals surface area contributed by atoms with Crippen molar-refractivity contribution in [2.45, 2.75) is 52.1 Å². The standard InChI is InChI=1S/C31H35N5O2S/c1-4-20-12-21-6-5-10-32-27(21)18-36(16-20)17-24-14-23(13-22-9-11-39-31(22)24)26(15-29(37)38)25-7-8-28-30(19(25)2)33-34-35(28)3/h5-11,13-14,20,26,33-34H,4,12,15-18H2,1-3H3,(H,37,38)/t20-,26-/m0/s1. The highest BCUT2D eigenvalue weighted by atomic mass is 32.1. The second-order valence-electron chi connectivity index (χ2n) is 10.9. The number of nitrogens with zero attached hydrogens (tertiary/aromatic N) is 3. The van der Waals surface area contributed by atoms with Gasteiger partial charge in [0.05, 0.1) is 23.5 Å². The minimum Gasteiger partial charge on any atom is -0.481 e. The number of carboxylic acid groups (broad SMARTS) is 1. The van der Waals surface area contributed by atoms with Crippen LogP contribution in [0.25, 0.3) is 10.1 Å². The van der Waals surface area contributed by atoms with E-state index in [9.17, 15) is 9.90 Å². The van der Waals surface area contributed by atoms with Crippen molar-refractivity contribution in [3.63, 3.8) is 0 Å². The number of anilines is 2. The molecular weight excluding hydrogens is 506 g/mol. The first-order valence-electron chi connectivity index (χ1n) is 13.7. The Morgan fingerprint density at radius 3 is 2.95 bits per heavy atom. The second kappa shape index (κ2) is 10.6. The van der Waals surface area contributed by atoms with Crippen molar-refractivity contribution in [2.75, 3.05) is 24.0 Å². The molecule has 0 radical (unpaired) electrons. The molecule has 0 saturated carbocycles. The van der Waals surface area contributed by atoms with Gasteiger partial charge < -0.3 is 10.5 Å². The van der Waals surface area contributed by atoms with Gasteiger partial charge in [-0.2, -0.15) is 0 Å². The Morgan fingerprint density at radius 2 is 2.13 bits per heavy atom. The lowest BCUT2D eigenvalue weighted by atomic mass is 9.84. The number of fused-ring (bicyclic) bond motifs is 3. The molecule has 0 amide bonds. The summed E-state index contributed by atoms with van der Waals surface area (Å²) in [5, 5.41) is 15.2. The Bertz CT molecular complexity index is 1530. The third kappa shape index (κ3) is 5.00. The van der Waals surface area contributed by atoms with Crippen LogP contribution in [0.3, 0.4) is 0 Å². The van der Waals surface area contributed by atoms with E-state index in [1.807, 2.05) is 24.3 Å². The number of rotatable bonds is 7. The number of nitrogens with one attached hydrogen (secondary N) is 2. The number of hydrogen-bond acceptors (Lipinski definition) is 7. The first-order valence-corrected chi connectivity index (χ1v) is 14.5. The van der Waals surface area contributed by atoms with Gasteiger partial charge in [-0.3, -0.25) is 19.7 Å². The Kier molecular flexibility index (Phi) is 7.01. The summed E-state index contributed by atoms with van der Waals surface area (Å²) in [6.07, 6.45) is 4.15. The van der Waals surface area contributed by atoms with Gasteiger partial charge in [-0.25, -0.2) is 0 Å². The number of hydrogen-bond donors (Lipinski definition) is 3. The van der Waals surface area contributed by atoms with Gasteiger partial charge >= 0.3 is 5.97 Å². The third-order valence-corrected chi connectivity index (χ3v) is 9.36. The van der Waals surface area contributed by atoms with Gasteiger partial charge in [-0.05, 0) is 82.1 Å². The predicted molar refractivity (Wildman–Crippen MR) is 158 cm³/mol. The molecule has 0 saturated heterocycles. The maximum atomic E-state index is 12.1. The molecule has 4 aromatic rings. The van der Waals surface area contributed by atoms with Crippen LogP contribution in [0.15, 0.2) is 54.0 Å².